The molecule has 0 bridgehead atoms. The van der Waals surface area contributed by atoms with Crippen LogP contribution in [0.1, 0.15) is 49.5 Å². The van der Waals surface area contributed by atoms with Gasteiger partial charge in [-0.15, -0.1) is 0 Å². The van der Waals surface area contributed by atoms with E-state index in [2.05, 4.69) is 19.2 Å². The van der Waals surface area contributed by atoms with Crippen LogP contribution in [-0.2, 0) is 16.0 Å². The van der Waals surface area contributed by atoms with Crippen LogP contribution in [0.15, 0.2) is 42.5 Å². The molecule has 0 fully saturated rings. The summed E-state index contributed by atoms with van der Waals surface area (Å²) in [6.07, 6.45) is 2.89. The third kappa shape index (κ3) is 7.14. The molecule has 1 amide bonds. The Morgan fingerprint density at radius 2 is 1.69 bits per heavy atom. The van der Waals surface area contributed by atoms with Crippen LogP contribution in [0.4, 0.5) is 5.69 Å². The Morgan fingerprint density at radius 3 is 2.34 bits per heavy atom. The van der Waals surface area contributed by atoms with Gasteiger partial charge in [0.1, 0.15) is 0 Å². The first-order chi connectivity index (χ1) is 14.1. The zero-order chi connectivity index (χ0) is 21.1. The van der Waals surface area contributed by atoms with Gasteiger partial charge < -0.3 is 19.5 Å². The number of aryl methyl sites for hydroxylation is 1. The number of ether oxygens (including phenoxy) is 3. The van der Waals surface area contributed by atoms with Crippen molar-refractivity contribution in [3.63, 3.8) is 0 Å². The highest BCUT2D eigenvalue weighted by molar-refractivity contribution is 5.95. The fraction of sp³-hybridized carbons (Fsp3) is 0.391. The lowest BCUT2D eigenvalue weighted by molar-refractivity contribution is -0.119. The van der Waals surface area contributed by atoms with Crippen molar-refractivity contribution in [3.05, 3.63) is 53.6 Å². The van der Waals surface area contributed by atoms with Crippen molar-refractivity contribution in [1.82, 2.24) is 0 Å². The second-order valence-corrected chi connectivity index (χ2v) is 6.47. The highest BCUT2D eigenvalue weighted by Crippen LogP contribution is 2.29. The number of carbonyl (C=O) groups excluding carboxylic acids is 2. The summed E-state index contributed by atoms with van der Waals surface area (Å²) in [5.74, 6) is 0.0818. The van der Waals surface area contributed by atoms with Crippen LogP contribution in [0.5, 0.6) is 11.5 Å². The van der Waals surface area contributed by atoms with Crippen LogP contribution in [0.3, 0.4) is 0 Å². The molecule has 6 nitrogen and oxygen atoms in total. The van der Waals surface area contributed by atoms with E-state index in [-0.39, 0.29) is 6.61 Å². The molecule has 0 unspecified atom stereocenters. The van der Waals surface area contributed by atoms with Gasteiger partial charge in [-0.2, -0.15) is 0 Å². The van der Waals surface area contributed by atoms with Crippen molar-refractivity contribution < 1.29 is 23.8 Å². The van der Waals surface area contributed by atoms with E-state index in [0.29, 0.717) is 36.0 Å². The molecule has 0 heterocycles. The molecule has 0 saturated carbocycles. The molecule has 29 heavy (non-hydrogen) atoms. The van der Waals surface area contributed by atoms with Gasteiger partial charge in [0, 0.05) is 5.69 Å². The molecule has 0 aliphatic carbocycles. The second kappa shape index (κ2) is 11.7. The summed E-state index contributed by atoms with van der Waals surface area (Å²) < 4.78 is 16.4. The van der Waals surface area contributed by atoms with Crippen molar-refractivity contribution in [1.29, 1.82) is 0 Å². The molecule has 2 aromatic rings. The van der Waals surface area contributed by atoms with E-state index in [0.717, 1.165) is 19.3 Å². The first-order valence-electron chi connectivity index (χ1n) is 10.0. The summed E-state index contributed by atoms with van der Waals surface area (Å²) in [5.41, 5.74) is 2.15. The number of nitrogens with one attached hydrogen (secondary N) is 1. The minimum absolute atomic E-state index is 0.302. The van der Waals surface area contributed by atoms with Crippen molar-refractivity contribution >= 4 is 17.6 Å². The summed E-state index contributed by atoms with van der Waals surface area (Å²) in [5, 5.41) is 2.71. The quantitative estimate of drug-likeness (QED) is 0.441. The maximum atomic E-state index is 12.3. The third-order valence-corrected chi connectivity index (χ3v) is 4.22. The molecule has 0 radical (unpaired) electrons. The number of unbranched alkanes of at least 4 members (excludes halogenated alkanes) is 1. The van der Waals surface area contributed by atoms with Gasteiger partial charge in [-0.05, 0) is 55.7 Å². The van der Waals surface area contributed by atoms with Crippen LogP contribution in [-0.4, -0.2) is 31.7 Å². The molecule has 1 N–H and O–H groups in total. The highest BCUT2D eigenvalue weighted by Gasteiger charge is 2.14. The Morgan fingerprint density at radius 1 is 0.931 bits per heavy atom. The number of esters is 1. The van der Waals surface area contributed by atoms with Crippen LogP contribution in [0, 0.1) is 0 Å². The van der Waals surface area contributed by atoms with Gasteiger partial charge in [0.05, 0.1) is 18.8 Å². The number of hydrogen-bond acceptors (Lipinski definition) is 5. The third-order valence-electron chi connectivity index (χ3n) is 4.22. The minimum atomic E-state index is -0.595. The van der Waals surface area contributed by atoms with Crippen LogP contribution in [0.2, 0.25) is 0 Å². The number of benzene rings is 2. The molecule has 2 aromatic carbocycles. The fourth-order valence-corrected chi connectivity index (χ4v) is 2.58. The number of rotatable bonds is 11. The predicted octanol–water partition coefficient (Wildman–Crippen LogP) is 4.62. The Bertz CT molecular complexity index is 801. The predicted molar refractivity (Wildman–Crippen MR) is 113 cm³/mol. The number of hydrogen-bond donors (Lipinski definition) is 1. The normalized spacial score (nSPS) is 10.3. The van der Waals surface area contributed by atoms with E-state index in [9.17, 15) is 9.59 Å². The number of carbonyl (C=O) groups is 2. The van der Waals surface area contributed by atoms with Crippen LogP contribution < -0.4 is 14.8 Å². The van der Waals surface area contributed by atoms with Gasteiger partial charge >= 0.3 is 5.97 Å². The molecule has 2 rings (SSSR count). The van der Waals surface area contributed by atoms with Crippen LogP contribution >= 0.6 is 0 Å². The summed E-state index contributed by atoms with van der Waals surface area (Å²) >= 11 is 0. The van der Waals surface area contributed by atoms with Gasteiger partial charge in [0.25, 0.3) is 5.91 Å². The highest BCUT2D eigenvalue weighted by atomic mass is 16.5. The van der Waals surface area contributed by atoms with E-state index >= 15 is 0 Å². The Labute approximate surface area is 172 Å². The fourth-order valence-electron chi connectivity index (χ4n) is 2.58. The molecule has 0 atom stereocenters. The van der Waals surface area contributed by atoms with Gasteiger partial charge in [0.15, 0.2) is 18.1 Å². The van der Waals surface area contributed by atoms with E-state index in [1.54, 1.807) is 18.2 Å². The number of anilines is 1. The summed E-state index contributed by atoms with van der Waals surface area (Å²) in [4.78, 5) is 24.4. The zero-order valence-electron chi connectivity index (χ0n) is 17.3. The monoisotopic (exact) mass is 399 g/mol. The summed E-state index contributed by atoms with van der Waals surface area (Å²) in [6, 6.07) is 12.4. The Hall–Kier alpha value is -3.02. The van der Waals surface area contributed by atoms with E-state index < -0.39 is 11.9 Å². The van der Waals surface area contributed by atoms with E-state index in [1.165, 1.54) is 5.56 Å². The first-order valence-corrected chi connectivity index (χ1v) is 10.0. The van der Waals surface area contributed by atoms with Gasteiger partial charge in [-0.1, -0.05) is 32.4 Å². The van der Waals surface area contributed by atoms with Crippen molar-refractivity contribution in [3.8, 4) is 11.5 Å². The maximum Gasteiger partial charge on any atom is 0.338 e. The lowest BCUT2D eigenvalue weighted by Crippen LogP contribution is -2.21. The Kier molecular flexibility index (Phi) is 9.02. The minimum Gasteiger partial charge on any atom is -0.490 e. The molecule has 0 aliphatic rings. The smallest absolute Gasteiger partial charge is 0.338 e. The standard InChI is InChI=1S/C23H29NO5/c1-4-7-14-28-20-13-10-18(15-21(20)27-6-3)23(26)29-16-22(25)24-19-11-8-17(5-2)9-12-19/h8-13,15H,4-7,14,16H2,1-3H3,(H,24,25). The van der Waals surface area contributed by atoms with Crippen molar-refractivity contribution in [2.45, 2.75) is 40.0 Å². The van der Waals surface area contributed by atoms with Crippen LogP contribution in [0.25, 0.3) is 0 Å². The molecule has 6 heteroatoms. The first kappa shape index (κ1) is 22.3. The average molecular weight is 399 g/mol. The van der Waals surface area contributed by atoms with Crippen molar-refractivity contribution in [2.24, 2.45) is 0 Å². The molecule has 0 spiro atoms. The number of amides is 1. The van der Waals surface area contributed by atoms with Gasteiger partial charge in [-0.3, -0.25) is 4.79 Å². The maximum absolute atomic E-state index is 12.3. The zero-order valence-corrected chi connectivity index (χ0v) is 17.3. The largest absolute Gasteiger partial charge is 0.490 e. The molecule has 0 saturated heterocycles. The Balaban J connectivity index is 1.92. The molecule has 156 valence electrons. The van der Waals surface area contributed by atoms with Gasteiger partial charge in [0.2, 0.25) is 0 Å². The SMILES string of the molecule is CCCCOc1ccc(C(=O)OCC(=O)Nc2ccc(CC)cc2)cc1OCC. The van der Waals surface area contributed by atoms with Gasteiger partial charge in [-0.25, -0.2) is 4.79 Å². The molecular formula is C23H29NO5. The lowest BCUT2D eigenvalue weighted by Gasteiger charge is -2.13. The van der Waals surface area contributed by atoms with E-state index in [1.807, 2.05) is 31.2 Å². The summed E-state index contributed by atoms with van der Waals surface area (Å²) in [6.45, 7) is 6.67. The topological polar surface area (TPSA) is 73.9 Å². The summed E-state index contributed by atoms with van der Waals surface area (Å²) in [7, 11) is 0. The lowest BCUT2D eigenvalue weighted by atomic mass is 10.1. The average Bonchev–Trinajstić information content (AvgIpc) is 2.74. The molecule has 0 aliphatic heterocycles. The second-order valence-electron chi connectivity index (χ2n) is 6.47. The molecular weight excluding hydrogens is 370 g/mol. The van der Waals surface area contributed by atoms with E-state index in [4.69, 9.17) is 14.2 Å². The molecule has 0 aromatic heterocycles. The van der Waals surface area contributed by atoms with Crippen molar-refractivity contribution in [2.75, 3.05) is 25.1 Å².